The summed E-state index contributed by atoms with van der Waals surface area (Å²) >= 11 is 0. The predicted molar refractivity (Wildman–Crippen MR) is 102 cm³/mol. The van der Waals surface area contributed by atoms with Crippen LogP contribution in [0.3, 0.4) is 0 Å². The van der Waals surface area contributed by atoms with Crippen molar-refractivity contribution in [2.45, 2.75) is 45.4 Å². The Morgan fingerprint density at radius 3 is 3.04 bits per heavy atom. The van der Waals surface area contributed by atoms with Gasteiger partial charge in [-0.15, -0.1) is 10.2 Å². The number of benzene rings is 1. The first-order valence-electron chi connectivity index (χ1n) is 9.66. The standard InChI is InChI=1S/C20H24N6O/c1-14(27)25-8-2-3-18(25)20-23-22-19-13-24(9-10-26(19)20)12-15-4-5-17-16(11-15)6-7-21-17/h4-7,11,18,21H,2-3,8-10,12-13H2,1H3. The number of likely N-dealkylation sites (tertiary alicyclic amines) is 1. The van der Waals surface area contributed by atoms with Gasteiger partial charge in [0.25, 0.3) is 0 Å². The van der Waals surface area contributed by atoms with Gasteiger partial charge in [-0.05, 0) is 42.0 Å². The van der Waals surface area contributed by atoms with Gasteiger partial charge in [-0.2, -0.15) is 0 Å². The van der Waals surface area contributed by atoms with E-state index >= 15 is 0 Å². The summed E-state index contributed by atoms with van der Waals surface area (Å²) in [5.41, 5.74) is 2.49. The Balaban J connectivity index is 1.33. The van der Waals surface area contributed by atoms with Gasteiger partial charge in [0.05, 0.1) is 12.6 Å². The summed E-state index contributed by atoms with van der Waals surface area (Å²) in [6.07, 6.45) is 4.00. The molecule has 2 aromatic heterocycles. The maximum Gasteiger partial charge on any atom is 0.220 e. The van der Waals surface area contributed by atoms with E-state index in [1.807, 2.05) is 11.1 Å². The van der Waals surface area contributed by atoms with E-state index in [2.05, 4.69) is 48.9 Å². The highest BCUT2D eigenvalue weighted by Crippen LogP contribution is 2.32. The van der Waals surface area contributed by atoms with Crippen LogP contribution in [0.4, 0.5) is 0 Å². The van der Waals surface area contributed by atoms with Gasteiger partial charge in [0.1, 0.15) is 5.82 Å². The third kappa shape index (κ3) is 2.92. The fourth-order valence-electron chi connectivity index (χ4n) is 4.48. The third-order valence-electron chi connectivity index (χ3n) is 5.84. The second-order valence-corrected chi connectivity index (χ2v) is 7.61. The highest BCUT2D eigenvalue weighted by molar-refractivity contribution is 5.79. The number of amides is 1. The lowest BCUT2D eigenvalue weighted by molar-refractivity contribution is -0.129. The smallest absolute Gasteiger partial charge is 0.220 e. The Hall–Kier alpha value is -2.67. The Morgan fingerprint density at radius 2 is 2.15 bits per heavy atom. The van der Waals surface area contributed by atoms with Gasteiger partial charge >= 0.3 is 0 Å². The lowest BCUT2D eigenvalue weighted by atomic mass is 10.1. The van der Waals surface area contributed by atoms with Gasteiger partial charge in [0.15, 0.2) is 5.82 Å². The maximum atomic E-state index is 11.9. The predicted octanol–water partition coefficient (Wildman–Crippen LogP) is 2.46. The average Bonchev–Trinajstić information content (AvgIpc) is 3.39. The minimum Gasteiger partial charge on any atom is -0.361 e. The molecule has 3 aromatic rings. The lowest BCUT2D eigenvalue weighted by Gasteiger charge is -2.29. The second kappa shape index (κ2) is 6.49. The maximum absolute atomic E-state index is 11.9. The molecule has 1 aromatic carbocycles. The normalized spacial score (nSPS) is 20.3. The number of fused-ring (bicyclic) bond motifs is 2. The Kier molecular flexibility index (Phi) is 3.97. The second-order valence-electron chi connectivity index (χ2n) is 7.61. The molecule has 7 heteroatoms. The summed E-state index contributed by atoms with van der Waals surface area (Å²) in [5, 5.41) is 10.2. The first-order chi connectivity index (χ1) is 13.2. The van der Waals surface area contributed by atoms with E-state index in [0.29, 0.717) is 0 Å². The molecule has 27 heavy (non-hydrogen) atoms. The molecule has 2 aliphatic heterocycles. The summed E-state index contributed by atoms with van der Waals surface area (Å²) in [7, 11) is 0. The van der Waals surface area contributed by atoms with Crippen molar-refractivity contribution < 1.29 is 4.79 Å². The molecule has 1 atom stereocenters. The van der Waals surface area contributed by atoms with E-state index in [1.165, 1.54) is 16.5 Å². The number of aromatic nitrogens is 4. The van der Waals surface area contributed by atoms with Crippen LogP contribution in [0, 0.1) is 0 Å². The number of aromatic amines is 1. The first kappa shape index (κ1) is 16.5. The molecule has 1 saturated heterocycles. The molecular formula is C20H24N6O. The quantitative estimate of drug-likeness (QED) is 0.775. The topological polar surface area (TPSA) is 70.1 Å². The fourth-order valence-corrected chi connectivity index (χ4v) is 4.48. The fraction of sp³-hybridized carbons (Fsp3) is 0.450. The molecule has 1 N–H and O–H groups in total. The van der Waals surface area contributed by atoms with E-state index in [0.717, 1.165) is 57.2 Å². The highest BCUT2D eigenvalue weighted by Gasteiger charge is 2.33. The van der Waals surface area contributed by atoms with Crippen molar-refractivity contribution in [3.05, 3.63) is 47.7 Å². The number of carbonyl (C=O) groups excluding carboxylic acids is 1. The zero-order valence-electron chi connectivity index (χ0n) is 15.6. The molecule has 1 unspecified atom stereocenters. The third-order valence-corrected chi connectivity index (χ3v) is 5.84. The van der Waals surface area contributed by atoms with Gasteiger partial charge in [0, 0.05) is 44.8 Å². The van der Waals surface area contributed by atoms with Crippen LogP contribution in [0.5, 0.6) is 0 Å². The number of rotatable bonds is 3. The van der Waals surface area contributed by atoms with Crippen LogP contribution >= 0.6 is 0 Å². The summed E-state index contributed by atoms with van der Waals surface area (Å²) in [6.45, 7) is 6.03. The molecule has 4 heterocycles. The summed E-state index contributed by atoms with van der Waals surface area (Å²) in [6, 6.07) is 8.78. The lowest BCUT2D eigenvalue weighted by Crippen LogP contribution is -2.36. The average molecular weight is 364 g/mol. The van der Waals surface area contributed by atoms with Crippen molar-refractivity contribution in [2.75, 3.05) is 13.1 Å². The van der Waals surface area contributed by atoms with Crippen LogP contribution < -0.4 is 0 Å². The van der Waals surface area contributed by atoms with Crippen LogP contribution in [0.2, 0.25) is 0 Å². The van der Waals surface area contributed by atoms with Crippen molar-refractivity contribution >= 4 is 16.8 Å². The van der Waals surface area contributed by atoms with Gasteiger partial charge in [0.2, 0.25) is 5.91 Å². The van der Waals surface area contributed by atoms with Gasteiger partial charge in [-0.3, -0.25) is 9.69 Å². The highest BCUT2D eigenvalue weighted by atomic mass is 16.2. The zero-order chi connectivity index (χ0) is 18.4. The molecule has 0 bridgehead atoms. The Labute approximate surface area is 158 Å². The molecular weight excluding hydrogens is 340 g/mol. The molecule has 0 radical (unpaired) electrons. The Bertz CT molecular complexity index is 989. The van der Waals surface area contributed by atoms with Crippen LogP contribution in [0.25, 0.3) is 10.9 Å². The molecule has 7 nitrogen and oxygen atoms in total. The van der Waals surface area contributed by atoms with Crippen molar-refractivity contribution in [3.63, 3.8) is 0 Å². The van der Waals surface area contributed by atoms with Crippen molar-refractivity contribution in [1.29, 1.82) is 0 Å². The zero-order valence-corrected chi connectivity index (χ0v) is 15.6. The molecule has 0 saturated carbocycles. The molecule has 1 amide bonds. The van der Waals surface area contributed by atoms with Crippen LogP contribution in [-0.4, -0.2) is 48.5 Å². The van der Waals surface area contributed by atoms with Gasteiger partial charge in [-0.1, -0.05) is 6.07 Å². The number of hydrogen-bond acceptors (Lipinski definition) is 4. The monoisotopic (exact) mass is 364 g/mol. The van der Waals surface area contributed by atoms with E-state index in [1.54, 1.807) is 6.92 Å². The summed E-state index contributed by atoms with van der Waals surface area (Å²) in [4.78, 5) is 19.5. The molecule has 140 valence electrons. The van der Waals surface area contributed by atoms with Crippen LogP contribution in [0.15, 0.2) is 30.5 Å². The van der Waals surface area contributed by atoms with E-state index in [4.69, 9.17) is 0 Å². The minimum absolute atomic E-state index is 0.0892. The van der Waals surface area contributed by atoms with Crippen molar-refractivity contribution in [3.8, 4) is 0 Å². The van der Waals surface area contributed by atoms with E-state index in [-0.39, 0.29) is 11.9 Å². The van der Waals surface area contributed by atoms with Gasteiger partial charge < -0.3 is 14.5 Å². The number of nitrogens with one attached hydrogen (secondary N) is 1. The SMILES string of the molecule is CC(=O)N1CCCC1c1nnc2n1CCN(Cc1ccc3[nH]ccc3c1)C2. The summed E-state index contributed by atoms with van der Waals surface area (Å²) in [5.74, 6) is 2.10. The van der Waals surface area contributed by atoms with Crippen LogP contribution in [-0.2, 0) is 24.4 Å². The molecule has 0 aliphatic carbocycles. The summed E-state index contributed by atoms with van der Waals surface area (Å²) < 4.78 is 2.23. The van der Waals surface area contributed by atoms with Crippen LogP contribution in [0.1, 0.15) is 43.0 Å². The largest absolute Gasteiger partial charge is 0.361 e. The molecule has 0 spiro atoms. The first-order valence-corrected chi connectivity index (χ1v) is 9.66. The molecule has 1 fully saturated rings. The number of nitrogens with zero attached hydrogens (tertiary/aromatic N) is 5. The number of hydrogen-bond donors (Lipinski definition) is 1. The number of H-pyrrole nitrogens is 1. The molecule has 5 rings (SSSR count). The Morgan fingerprint density at radius 1 is 1.22 bits per heavy atom. The van der Waals surface area contributed by atoms with Gasteiger partial charge in [-0.25, -0.2) is 0 Å². The number of carbonyl (C=O) groups is 1. The van der Waals surface area contributed by atoms with E-state index < -0.39 is 0 Å². The van der Waals surface area contributed by atoms with Crippen molar-refractivity contribution in [1.82, 2.24) is 29.5 Å². The van der Waals surface area contributed by atoms with E-state index in [9.17, 15) is 4.79 Å². The molecule has 2 aliphatic rings. The van der Waals surface area contributed by atoms with Crippen molar-refractivity contribution in [2.24, 2.45) is 0 Å². The minimum atomic E-state index is 0.0892.